The Hall–Kier alpha value is -3.38. The number of thioether (sulfide) groups is 1. The van der Waals surface area contributed by atoms with Crippen molar-refractivity contribution in [2.45, 2.75) is 5.16 Å². The van der Waals surface area contributed by atoms with E-state index in [4.69, 9.17) is 14.7 Å². The topological polar surface area (TPSA) is 56.5 Å². The second-order valence-corrected chi connectivity index (χ2v) is 7.55. The van der Waals surface area contributed by atoms with Crippen LogP contribution >= 0.6 is 11.8 Å². The molecule has 0 radical (unpaired) electrons. The maximum atomic E-state index is 12.7. The molecule has 0 saturated carbocycles. The Bertz CT molecular complexity index is 1360. The van der Waals surface area contributed by atoms with Gasteiger partial charge < -0.3 is 4.74 Å². The summed E-state index contributed by atoms with van der Waals surface area (Å²) in [5, 5.41) is 1.75. The van der Waals surface area contributed by atoms with Crippen molar-refractivity contribution in [2.75, 3.05) is 12.9 Å². The van der Waals surface area contributed by atoms with Crippen LogP contribution in [0.4, 0.5) is 0 Å². The molecule has 5 rings (SSSR count). The normalized spacial score (nSPS) is 11.3. The molecule has 0 aliphatic carbocycles. The van der Waals surface area contributed by atoms with E-state index in [9.17, 15) is 4.79 Å². The summed E-state index contributed by atoms with van der Waals surface area (Å²) < 4.78 is 7.21. The van der Waals surface area contributed by atoms with Gasteiger partial charge in [-0.25, -0.2) is 9.97 Å². The number of methoxy groups -OCH3 is 1. The highest BCUT2D eigenvalue weighted by atomic mass is 32.2. The van der Waals surface area contributed by atoms with Gasteiger partial charge in [0, 0.05) is 10.9 Å². The van der Waals surface area contributed by atoms with Crippen LogP contribution in [0, 0.1) is 0 Å². The number of fused-ring (bicyclic) bond motifs is 5. The first-order valence-electron chi connectivity index (χ1n) is 9.20. The van der Waals surface area contributed by atoms with Gasteiger partial charge in [0.15, 0.2) is 10.9 Å². The lowest BCUT2D eigenvalue weighted by atomic mass is 10.1. The smallest absolute Gasteiger partial charge is 0.175 e. The largest absolute Gasteiger partial charge is 0.497 e. The lowest BCUT2D eigenvalue weighted by Crippen LogP contribution is -2.04. The van der Waals surface area contributed by atoms with Crippen LogP contribution in [0.25, 0.3) is 27.6 Å². The van der Waals surface area contributed by atoms with E-state index in [0.717, 1.165) is 38.5 Å². The molecule has 0 N–H and O–H groups in total. The monoisotopic (exact) mass is 399 g/mol. The quantitative estimate of drug-likeness (QED) is 0.236. The van der Waals surface area contributed by atoms with Crippen molar-refractivity contribution in [1.29, 1.82) is 0 Å². The first-order chi connectivity index (χ1) is 14.2. The fraction of sp³-hybridized carbons (Fsp3) is 0.0870. The van der Waals surface area contributed by atoms with Gasteiger partial charge in [0.2, 0.25) is 0 Å². The van der Waals surface area contributed by atoms with E-state index in [0.29, 0.717) is 11.3 Å². The molecule has 2 heterocycles. The van der Waals surface area contributed by atoms with Gasteiger partial charge in [0.1, 0.15) is 11.4 Å². The average molecular weight is 399 g/mol. The number of ether oxygens (including phenoxy) is 1. The van der Waals surface area contributed by atoms with Gasteiger partial charge in [0.05, 0.1) is 29.4 Å². The summed E-state index contributed by atoms with van der Waals surface area (Å²) in [6.07, 6.45) is 0. The number of carbonyl (C=O) groups is 1. The Kier molecular flexibility index (Phi) is 4.41. The van der Waals surface area contributed by atoms with Crippen LogP contribution in [0.5, 0.6) is 5.75 Å². The molecule has 5 aromatic rings. The van der Waals surface area contributed by atoms with E-state index in [1.54, 1.807) is 31.4 Å². The predicted octanol–water partition coefficient (Wildman–Crippen LogP) is 5.02. The molecule has 6 heteroatoms. The van der Waals surface area contributed by atoms with E-state index < -0.39 is 0 Å². The molecule has 0 fully saturated rings. The van der Waals surface area contributed by atoms with Crippen molar-refractivity contribution in [3.63, 3.8) is 0 Å². The zero-order valence-corrected chi connectivity index (χ0v) is 16.5. The summed E-state index contributed by atoms with van der Waals surface area (Å²) in [6.45, 7) is 0. The van der Waals surface area contributed by atoms with Gasteiger partial charge in [-0.05, 0) is 48.5 Å². The van der Waals surface area contributed by atoms with E-state index >= 15 is 0 Å². The Morgan fingerprint density at radius 3 is 2.45 bits per heavy atom. The highest BCUT2D eigenvalue weighted by Crippen LogP contribution is 2.29. The van der Waals surface area contributed by atoms with Crippen molar-refractivity contribution in [2.24, 2.45) is 0 Å². The van der Waals surface area contributed by atoms with Crippen LogP contribution in [0.1, 0.15) is 10.4 Å². The van der Waals surface area contributed by atoms with Crippen molar-refractivity contribution in [3.05, 3.63) is 78.4 Å². The van der Waals surface area contributed by atoms with E-state index in [2.05, 4.69) is 0 Å². The molecule has 0 atom stereocenters. The summed E-state index contributed by atoms with van der Waals surface area (Å²) in [7, 11) is 1.61. The summed E-state index contributed by atoms with van der Waals surface area (Å²) >= 11 is 1.43. The number of ketones is 1. The highest BCUT2D eigenvalue weighted by Gasteiger charge is 2.15. The summed E-state index contributed by atoms with van der Waals surface area (Å²) in [4.78, 5) is 22.4. The summed E-state index contributed by atoms with van der Waals surface area (Å²) in [5.41, 5.74) is 4.28. The minimum Gasteiger partial charge on any atom is -0.497 e. The number of Topliss-reactive ketones (excluding diaryl/α,β-unsaturated/α-hetero) is 1. The molecule has 142 valence electrons. The van der Waals surface area contributed by atoms with Gasteiger partial charge in [-0.15, -0.1) is 0 Å². The van der Waals surface area contributed by atoms with Crippen molar-refractivity contribution < 1.29 is 9.53 Å². The molecule has 0 aliphatic rings. The highest BCUT2D eigenvalue weighted by molar-refractivity contribution is 7.99. The number of nitrogens with zero attached hydrogens (tertiary/aromatic N) is 3. The van der Waals surface area contributed by atoms with Crippen LogP contribution < -0.4 is 4.74 Å². The Morgan fingerprint density at radius 1 is 0.931 bits per heavy atom. The molecular formula is C23H17N3O2S. The summed E-state index contributed by atoms with van der Waals surface area (Å²) in [6, 6.07) is 23.1. The van der Waals surface area contributed by atoms with Gasteiger partial charge in [-0.3, -0.25) is 9.20 Å². The molecule has 0 bridgehead atoms. The van der Waals surface area contributed by atoms with E-state index in [1.165, 1.54) is 11.8 Å². The SMILES string of the molecule is COc1ccc(C(=O)CSc2nc3ccccc3c3nc4ccccc4n23)cc1. The van der Waals surface area contributed by atoms with Crippen molar-refractivity contribution in [3.8, 4) is 5.75 Å². The molecule has 0 amide bonds. The third-order valence-corrected chi connectivity index (χ3v) is 5.80. The molecule has 29 heavy (non-hydrogen) atoms. The second kappa shape index (κ2) is 7.22. The fourth-order valence-corrected chi connectivity index (χ4v) is 4.30. The van der Waals surface area contributed by atoms with Gasteiger partial charge >= 0.3 is 0 Å². The first-order valence-corrected chi connectivity index (χ1v) is 10.2. The molecule has 0 spiro atoms. The number of carbonyl (C=O) groups excluding carboxylic acids is 1. The number of rotatable bonds is 5. The number of benzene rings is 3. The van der Waals surface area contributed by atoms with Crippen LogP contribution in [-0.2, 0) is 0 Å². The maximum Gasteiger partial charge on any atom is 0.175 e. The lowest BCUT2D eigenvalue weighted by molar-refractivity contribution is 0.102. The van der Waals surface area contributed by atoms with Crippen molar-refractivity contribution >= 4 is 45.1 Å². The van der Waals surface area contributed by atoms with Crippen LogP contribution in [-0.4, -0.2) is 33.0 Å². The predicted molar refractivity (Wildman–Crippen MR) is 116 cm³/mol. The van der Waals surface area contributed by atoms with Crippen molar-refractivity contribution in [1.82, 2.24) is 14.4 Å². The Balaban J connectivity index is 1.57. The van der Waals surface area contributed by atoms with Gasteiger partial charge in [0.25, 0.3) is 0 Å². The third-order valence-electron chi connectivity index (χ3n) is 4.86. The Morgan fingerprint density at radius 2 is 1.66 bits per heavy atom. The molecule has 3 aromatic carbocycles. The minimum absolute atomic E-state index is 0.0465. The first kappa shape index (κ1) is 17.7. The standard InChI is InChI=1S/C23H17N3O2S/c1-28-16-12-10-15(11-13-16)21(27)14-29-23-25-18-7-3-2-6-17(18)22-24-19-8-4-5-9-20(19)26(22)23/h2-13H,14H2,1H3. The third kappa shape index (κ3) is 3.11. The summed E-state index contributed by atoms with van der Waals surface area (Å²) in [5.74, 6) is 1.07. The number of para-hydroxylation sites is 3. The average Bonchev–Trinajstić information content (AvgIpc) is 3.17. The molecule has 0 saturated heterocycles. The van der Waals surface area contributed by atoms with Gasteiger partial charge in [-0.1, -0.05) is 36.0 Å². The number of hydrogen-bond acceptors (Lipinski definition) is 5. The Labute approximate surface area is 171 Å². The molecule has 5 nitrogen and oxygen atoms in total. The minimum atomic E-state index is 0.0465. The van der Waals surface area contributed by atoms with Crippen LogP contribution in [0.3, 0.4) is 0 Å². The van der Waals surface area contributed by atoms with E-state index in [1.807, 2.05) is 52.9 Å². The van der Waals surface area contributed by atoms with E-state index in [-0.39, 0.29) is 5.78 Å². The second-order valence-electron chi connectivity index (χ2n) is 6.61. The maximum absolute atomic E-state index is 12.7. The number of aromatic nitrogens is 3. The molecule has 0 aliphatic heterocycles. The number of hydrogen-bond donors (Lipinski definition) is 0. The van der Waals surface area contributed by atoms with Crippen LogP contribution in [0.15, 0.2) is 78.0 Å². The zero-order chi connectivity index (χ0) is 19.8. The molecular weight excluding hydrogens is 382 g/mol. The fourth-order valence-electron chi connectivity index (χ4n) is 3.40. The molecule has 2 aromatic heterocycles. The lowest BCUT2D eigenvalue weighted by Gasteiger charge is -2.08. The zero-order valence-electron chi connectivity index (χ0n) is 15.7. The van der Waals surface area contributed by atoms with Gasteiger partial charge in [-0.2, -0.15) is 0 Å². The molecule has 0 unspecified atom stereocenters. The van der Waals surface area contributed by atoms with Crippen LogP contribution in [0.2, 0.25) is 0 Å². The number of imidazole rings is 1.